The lowest BCUT2D eigenvalue weighted by molar-refractivity contribution is 0.288. The maximum absolute atomic E-state index is 9.21. The molecular formula is C11H20N4OS. The van der Waals surface area contributed by atoms with Gasteiger partial charge in [0.25, 0.3) is 0 Å². The van der Waals surface area contributed by atoms with Crippen molar-refractivity contribution in [3.63, 3.8) is 0 Å². The average Bonchev–Trinajstić information content (AvgIpc) is 2.31. The molecule has 1 heterocycles. The number of thioether (sulfide) groups is 1. The van der Waals surface area contributed by atoms with Gasteiger partial charge in [0.1, 0.15) is 18.0 Å². The summed E-state index contributed by atoms with van der Waals surface area (Å²) in [6, 6.07) is 2.02. The first-order chi connectivity index (χ1) is 8.21. The predicted octanol–water partition coefficient (Wildman–Crippen LogP) is 1.43. The lowest BCUT2D eigenvalue weighted by Crippen LogP contribution is -2.31. The summed E-state index contributed by atoms with van der Waals surface area (Å²) < 4.78 is 0. The van der Waals surface area contributed by atoms with E-state index in [9.17, 15) is 5.11 Å². The summed E-state index contributed by atoms with van der Waals surface area (Å²) in [5.41, 5.74) is 0. The van der Waals surface area contributed by atoms with Crippen LogP contribution in [0.2, 0.25) is 0 Å². The molecule has 17 heavy (non-hydrogen) atoms. The van der Waals surface area contributed by atoms with Crippen LogP contribution in [0.3, 0.4) is 0 Å². The smallest absolute Gasteiger partial charge is 0.131 e. The highest BCUT2D eigenvalue weighted by molar-refractivity contribution is 7.99. The van der Waals surface area contributed by atoms with Gasteiger partial charge in [0.05, 0.1) is 6.61 Å². The first-order valence-electron chi connectivity index (χ1n) is 5.67. The summed E-state index contributed by atoms with van der Waals surface area (Å²) in [6.45, 7) is 5.04. The van der Waals surface area contributed by atoms with Crippen LogP contribution >= 0.6 is 11.8 Å². The van der Waals surface area contributed by atoms with Crippen molar-refractivity contribution in [1.82, 2.24) is 9.97 Å². The molecule has 0 aliphatic heterocycles. The third-order valence-electron chi connectivity index (χ3n) is 2.44. The molecule has 0 saturated heterocycles. The van der Waals surface area contributed by atoms with Crippen molar-refractivity contribution < 1.29 is 5.11 Å². The van der Waals surface area contributed by atoms with Gasteiger partial charge in [0.2, 0.25) is 0 Å². The number of rotatable bonds is 7. The molecule has 2 atom stereocenters. The maximum atomic E-state index is 9.21. The lowest BCUT2D eigenvalue weighted by atomic mass is 10.2. The highest BCUT2D eigenvalue weighted by atomic mass is 32.2. The lowest BCUT2D eigenvalue weighted by Gasteiger charge is -2.21. The summed E-state index contributed by atoms with van der Waals surface area (Å²) >= 11 is 1.64. The predicted molar refractivity (Wildman–Crippen MR) is 73.7 cm³/mol. The minimum absolute atomic E-state index is 0.152. The van der Waals surface area contributed by atoms with Crippen molar-refractivity contribution in [2.24, 2.45) is 0 Å². The van der Waals surface area contributed by atoms with Crippen LogP contribution in [-0.2, 0) is 0 Å². The molecule has 0 aliphatic rings. The highest BCUT2D eigenvalue weighted by Crippen LogP contribution is 2.16. The van der Waals surface area contributed by atoms with Gasteiger partial charge in [0.15, 0.2) is 0 Å². The third-order valence-corrected chi connectivity index (χ3v) is 3.60. The molecule has 0 bridgehead atoms. The molecule has 2 unspecified atom stereocenters. The van der Waals surface area contributed by atoms with Crippen LogP contribution in [0, 0.1) is 0 Å². The Balaban J connectivity index is 2.63. The van der Waals surface area contributed by atoms with E-state index in [1.165, 1.54) is 6.33 Å². The summed E-state index contributed by atoms with van der Waals surface area (Å²) in [4.78, 5) is 8.26. The first kappa shape index (κ1) is 14.1. The summed E-state index contributed by atoms with van der Waals surface area (Å²) in [5, 5.41) is 15.8. The van der Waals surface area contributed by atoms with E-state index in [4.69, 9.17) is 0 Å². The molecule has 6 heteroatoms. The molecule has 0 amide bonds. The van der Waals surface area contributed by atoms with E-state index < -0.39 is 0 Å². The van der Waals surface area contributed by atoms with Gasteiger partial charge < -0.3 is 15.7 Å². The quantitative estimate of drug-likeness (QED) is 0.685. The van der Waals surface area contributed by atoms with Gasteiger partial charge in [-0.2, -0.15) is 11.8 Å². The highest BCUT2D eigenvalue weighted by Gasteiger charge is 2.15. The molecule has 0 radical (unpaired) electrons. The normalized spacial score (nSPS) is 14.1. The number of hydrogen-bond acceptors (Lipinski definition) is 6. The molecule has 1 aromatic rings. The Bertz CT molecular complexity index is 333. The molecular weight excluding hydrogens is 236 g/mol. The Morgan fingerprint density at radius 1 is 1.41 bits per heavy atom. The van der Waals surface area contributed by atoms with E-state index in [0.717, 1.165) is 18.2 Å². The number of aliphatic hydroxyl groups excluding tert-OH is 1. The zero-order chi connectivity index (χ0) is 12.7. The summed E-state index contributed by atoms with van der Waals surface area (Å²) in [6.07, 6.45) is 3.52. The Morgan fingerprint density at radius 2 is 2.12 bits per heavy atom. The Kier molecular flexibility index (Phi) is 6.07. The SMILES string of the molecule is CCNc1cc(NC(C)C(CO)SC)ncn1. The van der Waals surface area contributed by atoms with E-state index in [0.29, 0.717) is 0 Å². The molecule has 1 aromatic heterocycles. The minimum atomic E-state index is 0.152. The molecule has 96 valence electrons. The number of nitrogens with one attached hydrogen (secondary N) is 2. The standard InChI is InChI=1S/C11H20N4OS/c1-4-12-10-5-11(14-7-13-10)15-8(2)9(6-16)17-3/h5,7-9,16H,4,6H2,1-3H3,(H2,12,13,14,15). The fourth-order valence-electron chi connectivity index (χ4n) is 1.48. The molecule has 0 aliphatic carbocycles. The topological polar surface area (TPSA) is 70.1 Å². The Labute approximate surface area is 106 Å². The summed E-state index contributed by atoms with van der Waals surface area (Å²) in [7, 11) is 0. The maximum Gasteiger partial charge on any atom is 0.131 e. The number of aliphatic hydroxyl groups is 1. The van der Waals surface area contributed by atoms with E-state index in [-0.39, 0.29) is 17.9 Å². The van der Waals surface area contributed by atoms with Crippen molar-refractivity contribution in [2.75, 3.05) is 30.0 Å². The number of hydrogen-bond donors (Lipinski definition) is 3. The van der Waals surface area contributed by atoms with Crippen LogP contribution in [-0.4, -0.2) is 45.8 Å². The number of nitrogens with zero attached hydrogens (tertiary/aromatic N) is 2. The van der Waals surface area contributed by atoms with Gasteiger partial charge in [-0.05, 0) is 20.1 Å². The first-order valence-corrected chi connectivity index (χ1v) is 6.96. The van der Waals surface area contributed by atoms with Gasteiger partial charge >= 0.3 is 0 Å². The number of aromatic nitrogens is 2. The van der Waals surface area contributed by atoms with E-state index in [1.54, 1.807) is 11.8 Å². The number of anilines is 2. The van der Waals surface area contributed by atoms with Crippen molar-refractivity contribution >= 4 is 23.4 Å². The van der Waals surface area contributed by atoms with Crippen LogP contribution in [0.4, 0.5) is 11.6 Å². The minimum Gasteiger partial charge on any atom is -0.395 e. The van der Waals surface area contributed by atoms with Crippen molar-refractivity contribution in [2.45, 2.75) is 25.1 Å². The average molecular weight is 256 g/mol. The molecule has 0 aromatic carbocycles. The van der Waals surface area contributed by atoms with Crippen LogP contribution in [0.1, 0.15) is 13.8 Å². The van der Waals surface area contributed by atoms with Crippen LogP contribution in [0.15, 0.2) is 12.4 Å². The molecule has 1 rings (SSSR count). The zero-order valence-corrected chi connectivity index (χ0v) is 11.3. The second-order valence-corrected chi connectivity index (χ2v) is 4.79. The second kappa shape index (κ2) is 7.34. The largest absolute Gasteiger partial charge is 0.395 e. The van der Waals surface area contributed by atoms with E-state index >= 15 is 0 Å². The third kappa shape index (κ3) is 4.40. The molecule has 0 fully saturated rings. The van der Waals surface area contributed by atoms with Gasteiger partial charge in [-0.25, -0.2) is 9.97 Å². The Hall–Kier alpha value is -1.01. The fourth-order valence-corrected chi connectivity index (χ4v) is 2.10. The van der Waals surface area contributed by atoms with Gasteiger partial charge in [0, 0.05) is 23.9 Å². The zero-order valence-electron chi connectivity index (χ0n) is 10.5. The Morgan fingerprint density at radius 3 is 2.71 bits per heavy atom. The molecule has 3 N–H and O–H groups in total. The summed E-state index contributed by atoms with van der Waals surface area (Å²) in [5.74, 6) is 1.58. The van der Waals surface area contributed by atoms with Gasteiger partial charge in [-0.3, -0.25) is 0 Å². The van der Waals surface area contributed by atoms with Crippen LogP contribution in [0.25, 0.3) is 0 Å². The molecule has 0 saturated carbocycles. The van der Waals surface area contributed by atoms with Gasteiger partial charge in [-0.1, -0.05) is 0 Å². The van der Waals surface area contributed by atoms with E-state index in [2.05, 4.69) is 20.6 Å². The molecule has 5 nitrogen and oxygen atoms in total. The monoisotopic (exact) mass is 256 g/mol. The van der Waals surface area contributed by atoms with Crippen LogP contribution < -0.4 is 10.6 Å². The van der Waals surface area contributed by atoms with Crippen molar-refractivity contribution in [3.05, 3.63) is 12.4 Å². The van der Waals surface area contributed by atoms with Crippen molar-refractivity contribution in [3.8, 4) is 0 Å². The fraction of sp³-hybridized carbons (Fsp3) is 0.636. The van der Waals surface area contributed by atoms with Crippen LogP contribution in [0.5, 0.6) is 0 Å². The second-order valence-electron chi connectivity index (χ2n) is 3.71. The molecule has 0 spiro atoms. The van der Waals surface area contributed by atoms with E-state index in [1.807, 2.05) is 26.2 Å². The van der Waals surface area contributed by atoms with Gasteiger partial charge in [-0.15, -0.1) is 0 Å². The van der Waals surface area contributed by atoms with Crippen molar-refractivity contribution in [1.29, 1.82) is 0 Å².